The zero-order chi connectivity index (χ0) is 17.0. The van der Waals surface area contributed by atoms with Gasteiger partial charge in [-0.25, -0.2) is 19.4 Å². The third-order valence-electron chi connectivity index (χ3n) is 2.88. The minimum atomic E-state index is -0.708. The van der Waals surface area contributed by atoms with E-state index in [-0.39, 0.29) is 0 Å². The van der Waals surface area contributed by atoms with E-state index in [1.54, 1.807) is 60.7 Å². The molecule has 0 saturated heterocycles. The first kappa shape index (κ1) is 17.0. The lowest BCUT2D eigenvalue weighted by Crippen LogP contribution is -2.11. The molecule has 24 heavy (non-hydrogen) atoms. The molecule has 0 bridgehead atoms. The lowest BCUT2D eigenvalue weighted by molar-refractivity contribution is -0.187. The first-order chi connectivity index (χ1) is 11.8. The third kappa shape index (κ3) is 5.77. The minimum Gasteiger partial charge on any atom is -0.242 e. The highest BCUT2D eigenvalue weighted by Crippen LogP contribution is 2.05. The van der Waals surface area contributed by atoms with Gasteiger partial charge in [-0.2, -0.15) is 0 Å². The lowest BCUT2D eigenvalue weighted by atomic mass is 10.2. The summed E-state index contributed by atoms with van der Waals surface area (Å²) in [5, 5.41) is 0. The lowest BCUT2D eigenvalue weighted by Gasteiger charge is -2.02. The first-order valence-electron chi connectivity index (χ1n) is 7.30. The number of benzene rings is 3. The molecular weight excluding hydrogens is 304 g/mol. The molecule has 0 aliphatic heterocycles. The van der Waals surface area contributed by atoms with E-state index in [0.717, 1.165) is 0 Å². The molecular formula is C20H16O4. The van der Waals surface area contributed by atoms with Gasteiger partial charge in [0.2, 0.25) is 0 Å². The summed E-state index contributed by atoms with van der Waals surface area (Å²) in [7, 11) is 0. The minimum absolute atomic E-state index is 0.318. The molecule has 0 fully saturated rings. The molecule has 120 valence electrons. The Bertz CT molecular complexity index is 662. The molecule has 3 rings (SSSR count). The van der Waals surface area contributed by atoms with Gasteiger partial charge in [0.1, 0.15) is 0 Å². The Balaban J connectivity index is 0.000000292. The normalized spacial score (nSPS) is 9.17. The van der Waals surface area contributed by atoms with Crippen molar-refractivity contribution < 1.29 is 19.4 Å². The van der Waals surface area contributed by atoms with Gasteiger partial charge in [-0.1, -0.05) is 72.8 Å². The molecule has 0 atom stereocenters. The van der Waals surface area contributed by atoms with E-state index in [1.165, 1.54) is 0 Å². The molecule has 0 aliphatic rings. The van der Waals surface area contributed by atoms with Crippen LogP contribution < -0.4 is 0 Å². The van der Waals surface area contributed by atoms with E-state index >= 15 is 0 Å². The molecule has 0 aromatic heterocycles. The van der Waals surface area contributed by atoms with Crippen molar-refractivity contribution in [3.63, 3.8) is 0 Å². The summed E-state index contributed by atoms with van der Waals surface area (Å²) in [6, 6.07) is 28.6. The van der Waals surface area contributed by atoms with Gasteiger partial charge >= 0.3 is 11.9 Å². The second-order valence-corrected chi connectivity index (χ2v) is 4.63. The summed E-state index contributed by atoms with van der Waals surface area (Å²) in [6.07, 6.45) is 0. The maximum absolute atomic E-state index is 11.5. The summed E-state index contributed by atoms with van der Waals surface area (Å²) >= 11 is 0. The van der Waals surface area contributed by atoms with Gasteiger partial charge in [0.25, 0.3) is 0 Å². The van der Waals surface area contributed by atoms with Crippen LogP contribution in [0.3, 0.4) is 0 Å². The molecule has 3 aromatic rings. The Kier molecular flexibility index (Phi) is 6.77. The molecule has 4 nitrogen and oxygen atoms in total. The van der Waals surface area contributed by atoms with Crippen molar-refractivity contribution in [2.45, 2.75) is 0 Å². The van der Waals surface area contributed by atoms with Gasteiger partial charge in [-0.3, -0.25) is 0 Å². The first-order valence-corrected chi connectivity index (χ1v) is 7.30. The van der Waals surface area contributed by atoms with Crippen LogP contribution in [0.1, 0.15) is 20.7 Å². The largest absolute Gasteiger partial charge is 0.386 e. The molecule has 0 heterocycles. The molecule has 0 spiro atoms. The second-order valence-electron chi connectivity index (χ2n) is 4.63. The zero-order valence-electron chi connectivity index (χ0n) is 12.9. The quantitative estimate of drug-likeness (QED) is 0.522. The second kappa shape index (κ2) is 9.58. The van der Waals surface area contributed by atoms with Crippen LogP contribution in [0.15, 0.2) is 97.1 Å². The summed E-state index contributed by atoms with van der Waals surface area (Å²) in [5.41, 5.74) is 0.636. The van der Waals surface area contributed by atoms with Gasteiger partial charge in [0, 0.05) is 0 Å². The Hall–Kier alpha value is -3.40. The van der Waals surface area contributed by atoms with Crippen molar-refractivity contribution in [3.05, 3.63) is 108 Å². The fraction of sp³-hybridized carbons (Fsp3) is 0. The molecule has 4 heteroatoms. The van der Waals surface area contributed by atoms with E-state index in [2.05, 4.69) is 9.78 Å². The Morgan fingerprint density at radius 2 is 0.708 bits per heavy atom. The third-order valence-corrected chi connectivity index (χ3v) is 2.88. The molecule has 0 saturated carbocycles. The van der Waals surface area contributed by atoms with Crippen LogP contribution in [0.25, 0.3) is 0 Å². The molecule has 3 aromatic carbocycles. The van der Waals surface area contributed by atoms with E-state index < -0.39 is 11.9 Å². The Morgan fingerprint density at radius 1 is 0.458 bits per heavy atom. The van der Waals surface area contributed by atoms with Crippen molar-refractivity contribution in [2.75, 3.05) is 0 Å². The Labute approximate surface area is 140 Å². The van der Waals surface area contributed by atoms with Gasteiger partial charge in [-0.05, 0) is 24.3 Å². The smallest absolute Gasteiger partial charge is 0.242 e. The van der Waals surface area contributed by atoms with Crippen LogP contribution in [-0.4, -0.2) is 11.9 Å². The number of carbonyl (C=O) groups excluding carboxylic acids is 2. The SMILES string of the molecule is O=C(OOC(=O)c1ccccc1)c1ccccc1.c1ccccc1. The number of carbonyl (C=O) groups is 2. The Morgan fingerprint density at radius 3 is 1.00 bits per heavy atom. The van der Waals surface area contributed by atoms with Crippen molar-refractivity contribution >= 4 is 11.9 Å². The fourth-order valence-electron chi connectivity index (χ4n) is 1.71. The van der Waals surface area contributed by atoms with Crippen LogP contribution in [0.2, 0.25) is 0 Å². The maximum atomic E-state index is 11.5. The summed E-state index contributed by atoms with van der Waals surface area (Å²) in [4.78, 5) is 31.9. The highest BCUT2D eigenvalue weighted by Gasteiger charge is 2.12. The standard InChI is InChI=1S/C14H10O4.C6H6/c15-13(11-7-3-1-4-8-11)17-18-14(16)12-9-5-2-6-10-12;1-2-4-6-5-3-1/h1-10H;1-6H. The maximum Gasteiger partial charge on any atom is 0.386 e. The molecule has 0 aliphatic carbocycles. The van der Waals surface area contributed by atoms with Gasteiger partial charge < -0.3 is 0 Å². The van der Waals surface area contributed by atoms with Crippen LogP contribution in [-0.2, 0) is 9.78 Å². The predicted molar refractivity (Wildman–Crippen MR) is 90.2 cm³/mol. The topological polar surface area (TPSA) is 52.6 Å². The van der Waals surface area contributed by atoms with Crippen LogP contribution in [0.4, 0.5) is 0 Å². The molecule has 0 radical (unpaired) electrons. The van der Waals surface area contributed by atoms with Crippen LogP contribution in [0, 0.1) is 0 Å². The van der Waals surface area contributed by atoms with Crippen LogP contribution in [0.5, 0.6) is 0 Å². The number of hydrogen-bond acceptors (Lipinski definition) is 4. The number of rotatable bonds is 2. The number of hydrogen-bond donors (Lipinski definition) is 0. The van der Waals surface area contributed by atoms with Crippen LogP contribution >= 0.6 is 0 Å². The monoisotopic (exact) mass is 320 g/mol. The fourth-order valence-corrected chi connectivity index (χ4v) is 1.71. The van der Waals surface area contributed by atoms with E-state index in [1.807, 2.05) is 36.4 Å². The van der Waals surface area contributed by atoms with E-state index in [9.17, 15) is 9.59 Å². The average Bonchev–Trinajstić information content (AvgIpc) is 2.69. The molecule has 0 unspecified atom stereocenters. The highest BCUT2D eigenvalue weighted by atomic mass is 17.2. The van der Waals surface area contributed by atoms with Crippen molar-refractivity contribution in [1.29, 1.82) is 0 Å². The van der Waals surface area contributed by atoms with Crippen molar-refractivity contribution in [3.8, 4) is 0 Å². The van der Waals surface area contributed by atoms with Gasteiger partial charge in [0.15, 0.2) is 0 Å². The van der Waals surface area contributed by atoms with E-state index in [0.29, 0.717) is 11.1 Å². The zero-order valence-corrected chi connectivity index (χ0v) is 12.9. The summed E-state index contributed by atoms with van der Waals surface area (Å²) in [6.45, 7) is 0. The molecule has 0 amide bonds. The summed E-state index contributed by atoms with van der Waals surface area (Å²) < 4.78 is 0. The van der Waals surface area contributed by atoms with Gasteiger partial charge in [-0.15, -0.1) is 0 Å². The molecule has 0 N–H and O–H groups in total. The predicted octanol–water partition coefficient (Wildman–Crippen LogP) is 4.30. The summed E-state index contributed by atoms with van der Waals surface area (Å²) in [5.74, 6) is -1.42. The highest BCUT2D eigenvalue weighted by molar-refractivity contribution is 5.92. The van der Waals surface area contributed by atoms with Crippen molar-refractivity contribution in [2.24, 2.45) is 0 Å². The van der Waals surface area contributed by atoms with E-state index in [4.69, 9.17) is 0 Å². The average molecular weight is 320 g/mol. The van der Waals surface area contributed by atoms with Crippen molar-refractivity contribution in [1.82, 2.24) is 0 Å². The van der Waals surface area contributed by atoms with Gasteiger partial charge in [0.05, 0.1) is 11.1 Å².